The molecule has 1 unspecified atom stereocenters. The number of hydrogen-bond acceptors (Lipinski definition) is 4. The van der Waals surface area contributed by atoms with E-state index in [1.807, 2.05) is 18.4 Å². The maximum absolute atomic E-state index is 13.2. The summed E-state index contributed by atoms with van der Waals surface area (Å²) in [5.74, 6) is -0.831. The summed E-state index contributed by atoms with van der Waals surface area (Å²) in [5.41, 5.74) is -0.00492. The Hall–Kier alpha value is -1.47. The zero-order valence-corrected chi connectivity index (χ0v) is 12.3. The molecule has 2 rings (SSSR count). The minimum atomic E-state index is -0.831. The van der Waals surface area contributed by atoms with E-state index in [1.54, 1.807) is 11.3 Å². The minimum Gasteiger partial charge on any atom is -0.377 e. The van der Waals surface area contributed by atoms with Gasteiger partial charge in [-0.3, -0.25) is 10.1 Å². The average molecular weight is 345 g/mol. The van der Waals surface area contributed by atoms with Crippen molar-refractivity contribution >= 4 is 38.6 Å². The van der Waals surface area contributed by atoms with E-state index in [2.05, 4.69) is 21.2 Å². The van der Waals surface area contributed by atoms with Crippen LogP contribution < -0.4 is 5.32 Å². The Morgan fingerprint density at radius 1 is 1.47 bits per heavy atom. The Kier molecular flexibility index (Phi) is 4.16. The quantitative estimate of drug-likeness (QED) is 0.644. The molecule has 0 aliphatic heterocycles. The van der Waals surface area contributed by atoms with Crippen LogP contribution >= 0.6 is 27.3 Å². The van der Waals surface area contributed by atoms with Crippen LogP contribution in [0, 0.1) is 15.9 Å². The Morgan fingerprint density at radius 2 is 2.21 bits per heavy atom. The first-order valence-electron chi connectivity index (χ1n) is 5.42. The van der Waals surface area contributed by atoms with Crippen LogP contribution in [0.1, 0.15) is 17.8 Å². The highest BCUT2D eigenvalue weighted by Gasteiger charge is 2.15. The largest absolute Gasteiger partial charge is 0.377 e. The van der Waals surface area contributed by atoms with E-state index in [-0.39, 0.29) is 6.04 Å². The molecular formula is C12H10BrFN2O2S. The van der Waals surface area contributed by atoms with Crippen LogP contribution in [0.3, 0.4) is 0 Å². The summed E-state index contributed by atoms with van der Waals surface area (Å²) in [6.07, 6.45) is 0. The molecule has 1 atom stereocenters. The summed E-state index contributed by atoms with van der Waals surface area (Å²) in [5, 5.41) is 15.7. The highest BCUT2D eigenvalue weighted by atomic mass is 79.9. The third-order valence-corrected chi connectivity index (χ3v) is 4.42. The van der Waals surface area contributed by atoms with E-state index in [1.165, 1.54) is 12.1 Å². The second kappa shape index (κ2) is 5.66. The Bertz CT molecular complexity index is 618. The third kappa shape index (κ3) is 3.30. The lowest BCUT2D eigenvalue weighted by molar-refractivity contribution is -0.387. The number of halogens is 2. The lowest BCUT2D eigenvalue weighted by Gasteiger charge is -2.13. The van der Waals surface area contributed by atoms with Crippen LogP contribution in [0.4, 0.5) is 15.8 Å². The van der Waals surface area contributed by atoms with Gasteiger partial charge in [-0.05, 0) is 41.1 Å². The molecule has 4 nitrogen and oxygen atoms in total. The lowest BCUT2D eigenvalue weighted by Crippen LogP contribution is -2.05. The molecule has 1 aromatic heterocycles. The lowest BCUT2D eigenvalue weighted by atomic mass is 10.2. The highest BCUT2D eigenvalue weighted by Crippen LogP contribution is 2.29. The molecular weight excluding hydrogens is 335 g/mol. The third-order valence-electron chi connectivity index (χ3n) is 2.54. The fraction of sp³-hybridized carbons (Fsp3) is 0.167. The van der Waals surface area contributed by atoms with Crippen LogP contribution in [0.25, 0.3) is 0 Å². The normalized spacial score (nSPS) is 12.2. The predicted octanol–water partition coefficient (Wildman–Crippen LogP) is 4.73. The standard InChI is InChI=1S/C12H10BrFN2O2S/c1-7(12-4-8(13)6-19-12)15-9-2-3-10(14)11(5-9)16(17)18/h2-7,15H,1H3. The number of rotatable bonds is 4. The molecule has 100 valence electrons. The molecule has 0 radical (unpaired) electrons. The molecule has 0 aliphatic carbocycles. The molecule has 0 bridgehead atoms. The first kappa shape index (κ1) is 14.0. The van der Waals surface area contributed by atoms with Gasteiger partial charge in [-0.25, -0.2) is 0 Å². The number of hydrogen-bond donors (Lipinski definition) is 1. The zero-order valence-electron chi connectivity index (χ0n) is 9.89. The van der Waals surface area contributed by atoms with Crippen molar-refractivity contribution in [2.45, 2.75) is 13.0 Å². The molecule has 19 heavy (non-hydrogen) atoms. The van der Waals surface area contributed by atoms with Gasteiger partial charge in [0, 0.05) is 26.5 Å². The van der Waals surface area contributed by atoms with Crippen molar-refractivity contribution < 1.29 is 9.31 Å². The molecule has 0 spiro atoms. The van der Waals surface area contributed by atoms with E-state index >= 15 is 0 Å². The number of anilines is 1. The maximum Gasteiger partial charge on any atom is 0.306 e. The maximum atomic E-state index is 13.2. The van der Waals surface area contributed by atoms with Crippen molar-refractivity contribution in [3.8, 4) is 0 Å². The number of nitro groups is 1. The van der Waals surface area contributed by atoms with Crippen molar-refractivity contribution in [1.82, 2.24) is 0 Å². The van der Waals surface area contributed by atoms with Crippen LogP contribution in [0.15, 0.2) is 34.1 Å². The van der Waals surface area contributed by atoms with Gasteiger partial charge in [0.25, 0.3) is 0 Å². The molecule has 0 saturated heterocycles. The summed E-state index contributed by atoms with van der Waals surface area (Å²) < 4.78 is 14.2. The van der Waals surface area contributed by atoms with Gasteiger partial charge in [0.15, 0.2) is 0 Å². The second-order valence-electron chi connectivity index (χ2n) is 3.96. The molecule has 1 N–H and O–H groups in total. The van der Waals surface area contributed by atoms with Gasteiger partial charge >= 0.3 is 5.69 Å². The molecule has 1 aromatic carbocycles. The Morgan fingerprint density at radius 3 is 2.79 bits per heavy atom. The molecule has 0 amide bonds. The van der Waals surface area contributed by atoms with Crippen LogP contribution in [-0.2, 0) is 0 Å². The van der Waals surface area contributed by atoms with Gasteiger partial charge in [-0.2, -0.15) is 4.39 Å². The number of benzene rings is 1. The fourth-order valence-corrected chi connectivity index (χ4v) is 3.07. The molecule has 0 fully saturated rings. The molecule has 0 aliphatic rings. The van der Waals surface area contributed by atoms with E-state index in [0.717, 1.165) is 15.4 Å². The summed E-state index contributed by atoms with van der Waals surface area (Å²) in [4.78, 5) is 11.0. The van der Waals surface area contributed by atoms with Gasteiger partial charge < -0.3 is 5.32 Å². The van der Waals surface area contributed by atoms with E-state index in [0.29, 0.717) is 5.69 Å². The number of nitrogens with one attached hydrogen (secondary N) is 1. The van der Waals surface area contributed by atoms with Gasteiger partial charge in [0.05, 0.1) is 11.0 Å². The molecule has 0 saturated carbocycles. The van der Waals surface area contributed by atoms with E-state index in [9.17, 15) is 14.5 Å². The average Bonchev–Trinajstić information content (AvgIpc) is 2.78. The summed E-state index contributed by atoms with van der Waals surface area (Å²) in [7, 11) is 0. The van der Waals surface area contributed by atoms with Crippen LogP contribution in [0.2, 0.25) is 0 Å². The van der Waals surface area contributed by atoms with Crippen molar-refractivity contribution in [2.24, 2.45) is 0 Å². The monoisotopic (exact) mass is 344 g/mol. The summed E-state index contributed by atoms with van der Waals surface area (Å²) in [6, 6.07) is 5.75. The van der Waals surface area contributed by atoms with Crippen LogP contribution in [0.5, 0.6) is 0 Å². The van der Waals surface area contributed by atoms with Crippen molar-refractivity contribution in [1.29, 1.82) is 0 Å². The van der Waals surface area contributed by atoms with Crippen LogP contribution in [-0.4, -0.2) is 4.92 Å². The van der Waals surface area contributed by atoms with E-state index < -0.39 is 16.4 Å². The minimum absolute atomic E-state index is 0.0126. The Labute approximate surface area is 121 Å². The van der Waals surface area contributed by atoms with Gasteiger partial charge in [0.1, 0.15) is 0 Å². The first-order valence-corrected chi connectivity index (χ1v) is 7.09. The number of nitrogens with zero attached hydrogens (tertiary/aromatic N) is 1. The van der Waals surface area contributed by atoms with E-state index in [4.69, 9.17) is 0 Å². The SMILES string of the molecule is CC(Nc1ccc(F)c([N+](=O)[O-])c1)c1cc(Br)cs1. The van der Waals surface area contributed by atoms with Crippen molar-refractivity contribution in [2.75, 3.05) is 5.32 Å². The summed E-state index contributed by atoms with van der Waals surface area (Å²) in [6.45, 7) is 1.94. The second-order valence-corrected chi connectivity index (χ2v) is 5.82. The van der Waals surface area contributed by atoms with Crippen molar-refractivity contribution in [3.05, 3.63) is 54.9 Å². The fourth-order valence-electron chi connectivity index (χ4n) is 1.62. The van der Waals surface area contributed by atoms with Gasteiger partial charge in [-0.15, -0.1) is 11.3 Å². The highest BCUT2D eigenvalue weighted by molar-refractivity contribution is 9.10. The smallest absolute Gasteiger partial charge is 0.306 e. The number of thiophene rings is 1. The summed E-state index contributed by atoms with van der Waals surface area (Å²) >= 11 is 4.94. The zero-order chi connectivity index (χ0) is 14.0. The Balaban J connectivity index is 2.19. The number of nitro benzene ring substituents is 1. The molecule has 7 heteroatoms. The van der Waals surface area contributed by atoms with Crippen molar-refractivity contribution in [3.63, 3.8) is 0 Å². The molecule has 1 heterocycles. The topological polar surface area (TPSA) is 55.2 Å². The molecule has 2 aromatic rings. The first-order chi connectivity index (χ1) is 8.97. The van der Waals surface area contributed by atoms with Gasteiger partial charge in [-0.1, -0.05) is 0 Å². The predicted molar refractivity (Wildman–Crippen MR) is 77.1 cm³/mol. The van der Waals surface area contributed by atoms with Gasteiger partial charge in [0.2, 0.25) is 5.82 Å².